The molecule has 3 nitrogen and oxygen atoms in total. The summed E-state index contributed by atoms with van der Waals surface area (Å²) in [6, 6.07) is 5.74. The van der Waals surface area contributed by atoms with Gasteiger partial charge in [0.2, 0.25) is 0 Å². The maximum absolute atomic E-state index is 13.2. The number of benzene rings is 1. The Kier molecular flexibility index (Phi) is 3.18. The van der Waals surface area contributed by atoms with E-state index in [1.807, 2.05) is 0 Å². The van der Waals surface area contributed by atoms with Crippen molar-refractivity contribution in [3.8, 4) is 6.07 Å². The summed E-state index contributed by atoms with van der Waals surface area (Å²) in [7, 11) is 0. The Hall–Kier alpha value is -1.44. The number of hydrogen-bond acceptors (Lipinski definition) is 3. The Bertz CT molecular complexity index is 353. The van der Waals surface area contributed by atoms with E-state index in [1.165, 1.54) is 18.2 Å². The molecule has 1 aromatic rings. The van der Waals surface area contributed by atoms with Crippen LogP contribution in [0.25, 0.3) is 0 Å². The first-order valence-corrected chi connectivity index (χ1v) is 4.08. The van der Waals surface area contributed by atoms with E-state index in [4.69, 9.17) is 10.4 Å². The van der Waals surface area contributed by atoms with Crippen LogP contribution in [0, 0.1) is 24.1 Å². The molecule has 2 N–H and O–H groups in total. The highest BCUT2D eigenvalue weighted by Crippen LogP contribution is 2.23. The Morgan fingerprint density at radius 3 is 2.57 bits per heavy atom. The zero-order valence-electron chi connectivity index (χ0n) is 7.61. The van der Waals surface area contributed by atoms with Gasteiger partial charge in [0.05, 0.1) is 6.07 Å². The van der Waals surface area contributed by atoms with Gasteiger partial charge in [-0.05, 0) is 18.6 Å². The van der Waals surface area contributed by atoms with E-state index in [0.29, 0.717) is 5.56 Å². The number of aliphatic hydroxyl groups excluding tert-OH is 2. The Morgan fingerprint density at radius 1 is 1.43 bits per heavy atom. The van der Waals surface area contributed by atoms with Crippen LogP contribution in [0.4, 0.5) is 4.39 Å². The molecule has 2 atom stereocenters. The summed E-state index contributed by atoms with van der Waals surface area (Å²) in [6.07, 6.45) is -3.10. The smallest absolute Gasteiger partial charge is 0.170 e. The van der Waals surface area contributed by atoms with Crippen molar-refractivity contribution in [2.75, 3.05) is 0 Å². The van der Waals surface area contributed by atoms with Crippen molar-refractivity contribution in [1.82, 2.24) is 0 Å². The monoisotopic (exact) mass is 195 g/mol. The highest BCUT2D eigenvalue weighted by atomic mass is 19.1. The Labute approximate surface area is 81.0 Å². The molecule has 0 spiro atoms. The van der Waals surface area contributed by atoms with Crippen LogP contribution >= 0.6 is 0 Å². The molecule has 0 fully saturated rings. The standard InChI is InChI=1S/C10H10FNO2/c1-6-3-2-4-7(11)9(6)10(14)8(13)5-12/h2-4,8,10,13-14H,1H3. The molecule has 0 aromatic heterocycles. The van der Waals surface area contributed by atoms with Gasteiger partial charge in [-0.3, -0.25) is 0 Å². The molecule has 14 heavy (non-hydrogen) atoms. The summed E-state index contributed by atoms with van der Waals surface area (Å²) in [4.78, 5) is 0. The highest BCUT2D eigenvalue weighted by molar-refractivity contribution is 5.30. The maximum Gasteiger partial charge on any atom is 0.170 e. The van der Waals surface area contributed by atoms with Crippen LogP contribution in [-0.4, -0.2) is 16.3 Å². The van der Waals surface area contributed by atoms with Crippen molar-refractivity contribution in [3.63, 3.8) is 0 Å². The van der Waals surface area contributed by atoms with Crippen LogP contribution < -0.4 is 0 Å². The molecule has 0 bridgehead atoms. The van der Waals surface area contributed by atoms with Crippen molar-refractivity contribution in [2.24, 2.45) is 0 Å². The van der Waals surface area contributed by atoms with Gasteiger partial charge in [0.25, 0.3) is 0 Å². The van der Waals surface area contributed by atoms with Crippen LogP contribution in [0.2, 0.25) is 0 Å². The van der Waals surface area contributed by atoms with E-state index in [0.717, 1.165) is 0 Å². The Balaban J connectivity index is 3.13. The first-order valence-electron chi connectivity index (χ1n) is 4.08. The predicted molar refractivity (Wildman–Crippen MR) is 47.7 cm³/mol. The van der Waals surface area contributed by atoms with Crippen LogP contribution in [0.1, 0.15) is 17.2 Å². The third-order valence-corrected chi connectivity index (χ3v) is 2.00. The lowest BCUT2D eigenvalue weighted by Crippen LogP contribution is -2.18. The largest absolute Gasteiger partial charge is 0.384 e. The lowest BCUT2D eigenvalue weighted by molar-refractivity contribution is 0.0498. The molecule has 0 radical (unpaired) electrons. The molecule has 0 saturated heterocycles. The zero-order chi connectivity index (χ0) is 10.7. The van der Waals surface area contributed by atoms with E-state index in [2.05, 4.69) is 0 Å². The van der Waals surface area contributed by atoms with Crippen molar-refractivity contribution >= 4 is 0 Å². The molecule has 0 aliphatic carbocycles. The predicted octanol–water partition coefficient (Wildman–Crippen LogP) is 1.05. The van der Waals surface area contributed by atoms with Crippen LogP contribution in [0.5, 0.6) is 0 Å². The van der Waals surface area contributed by atoms with E-state index >= 15 is 0 Å². The van der Waals surface area contributed by atoms with E-state index in [-0.39, 0.29) is 5.56 Å². The summed E-state index contributed by atoms with van der Waals surface area (Å²) in [5.74, 6) is -0.619. The molecule has 74 valence electrons. The zero-order valence-corrected chi connectivity index (χ0v) is 7.61. The molecule has 0 heterocycles. The summed E-state index contributed by atoms with van der Waals surface area (Å²) in [5, 5.41) is 26.9. The van der Waals surface area contributed by atoms with Crippen molar-refractivity contribution in [3.05, 3.63) is 35.1 Å². The van der Waals surface area contributed by atoms with Gasteiger partial charge >= 0.3 is 0 Å². The fourth-order valence-corrected chi connectivity index (χ4v) is 1.25. The normalized spacial score (nSPS) is 14.5. The van der Waals surface area contributed by atoms with E-state index in [9.17, 15) is 9.50 Å². The minimum Gasteiger partial charge on any atom is -0.384 e. The molecule has 2 unspecified atom stereocenters. The number of nitrogens with zero attached hydrogens (tertiary/aromatic N) is 1. The first-order chi connectivity index (χ1) is 6.57. The molecular weight excluding hydrogens is 185 g/mol. The fraction of sp³-hybridized carbons (Fsp3) is 0.300. The third-order valence-electron chi connectivity index (χ3n) is 2.00. The quantitative estimate of drug-likeness (QED) is 0.693. The molecule has 1 aromatic carbocycles. The molecule has 0 amide bonds. The lowest BCUT2D eigenvalue weighted by atomic mass is 9.99. The minimum atomic E-state index is -1.61. The van der Waals surface area contributed by atoms with Crippen LogP contribution in [-0.2, 0) is 0 Å². The van der Waals surface area contributed by atoms with E-state index < -0.39 is 18.0 Å². The minimum absolute atomic E-state index is 0.0263. The Morgan fingerprint density at radius 2 is 2.07 bits per heavy atom. The summed E-state index contributed by atoms with van der Waals surface area (Å²) in [5.41, 5.74) is 0.480. The molecule has 0 aliphatic heterocycles. The summed E-state index contributed by atoms with van der Waals surface area (Å²) >= 11 is 0. The second-order valence-electron chi connectivity index (χ2n) is 2.99. The summed E-state index contributed by atoms with van der Waals surface area (Å²) in [6.45, 7) is 1.60. The van der Waals surface area contributed by atoms with E-state index in [1.54, 1.807) is 13.0 Å². The van der Waals surface area contributed by atoms with Gasteiger partial charge in [-0.15, -0.1) is 0 Å². The number of rotatable bonds is 2. The maximum atomic E-state index is 13.2. The van der Waals surface area contributed by atoms with Gasteiger partial charge in [0, 0.05) is 5.56 Å². The number of halogens is 1. The van der Waals surface area contributed by atoms with Gasteiger partial charge in [0.15, 0.2) is 6.10 Å². The fourth-order valence-electron chi connectivity index (χ4n) is 1.25. The van der Waals surface area contributed by atoms with Gasteiger partial charge in [0.1, 0.15) is 11.9 Å². The highest BCUT2D eigenvalue weighted by Gasteiger charge is 2.22. The molecule has 0 aliphatic rings. The number of hydrogen-bond donors (Lipinski definition) is 2. The number of nitriles is 1. The lowest BCUT2D eigenvalue weighted by Gasteiger charge is -2.15. The van der Waals surface area contributed by atoms with Crippen LogP contribution in [0.15, 0.2) is 18.2 Å². The van der Waals surface area contributed by atoms with Gasteiger partial charge < -0.3 is 10.2 Å². The van der Waals surface area contributed by atoms with Crippen molar-refractivity contribution < 1.29 is 14.6 Å². The van der Waals surface area contributed by atoms with Crippen LogP contribution in [0.3, 0.4) is 0 Å². The second-order valence-corrected chi connectivity index (χ2v) is 2.99. The number of aryl methyl sites for hydroxylation is 1. The SMILES string of the molecule is Cc1cccc(F)c1C(O)C(O)C#N. The molecule has 0 saturated carbocycles. The molecular formula is C10H10FNO2. The van der Waals surface area contributed by atoms with Crippen molar-refractivity contribution in [2.45, 2.75) is 19.1 Å². The second kappa shape index (κ2) is 4.18. The van der Waals surface area contributed by atoms with Crippen molar-refractivity contribution in [1.29, 1.82) is 5.26 Å². The average Bonchev–Trinajstić information content (AvgIpc) is 2.16. The number of aliphatic hydroxyl groups is 2. The molecule has 4 heteroatoms. The van der Waals surface area contributed by atoms with Gasteiger partial charge in [-0.2, -0.15) is 5.26 Å². The van der Waals surface area contributed by atoms with Gasteiger partial charge in [-0.1, -0.05) is 12.1 Å². The first kappa shape index (κ1) is 10.6. The average molecular weight is 195 g/mol. The third kappa shape index (κ3) is 1.90. The molecule has 1 rings (SSSR count). The topological polar surface area (TPSA) is 64.2 Å². The van der Waals surface area contributed by atoms with Gasteiger partial charge in [-0.25, -0.2) is 4.39 Å². The summed E-state index contributed by atoms with van der Waals surface area (Å²) < 4.78 is 13.2.